The van der Waals surface area contributed by atoms with Gasteiger partial charge >= 0.3 is 12.1 Å². The maximum absolute atomic E-state index is 13.4. The number of alkyl carbamates (subject to hydrolysis) is 1. The fourth-order valence-corrected chi connectivity index (χ4v) is 7.08. The molecular weight excluding hydrogens is 636 g/mol. The van der Waals surface area contributed by atoms with E-state index in [-0.39, 0.29) is 31.3 Å². The molecule has 0 aliphatic heterocycles. The smallest absolute Gasteiger partial charge is 0.409 e. The summed E-state index contributed by atoms with van der Waals surface area (Å²) in [6.45, 7) is 2.39. The Morgan fingerprint density at radius 1 is 0.627 bits per heavy atom. The lowest BCUT2D eigenvalue weighted by atomic mass is 9.98. The average Bonchev–Trinajstić information content (AvgIpc) is 3.47. The SMILES string of the molecule is CCCCCCCCCCCCCCCC(=O)CCCC[C@](N)(NC(=O)OCC1c2ccccc2-c2ccccc21)C(=O)OCc1ccccc1. The van der Waals surface area contributed by atoms with Crippen molar-refractivity contribution in [1.29, 1.82) is 0 Å². The molecule has 0 radical (unpaired) electrons. The van der Waals surface area contributed by atoms with E-state index in [1.54, 1.807) is 0 Å². The molecule has 0 aromatic heterocycles. The van der Waals surface area contributed by atoms with E-state index < -0.39 is 17.7 Å². The summed E-state index contributed by atoms with van der Waals surface area (Å²) in [6.07, 6.45) is 18.0. The Hall–Kier alpha value is -3.97. The normalized spacial score (nSPS) is 13.2. The van der Waals surface area contributed by atoms with Crippen LogP contribution in [0.1, 0.15) is 145 Å². The lowest BCUT2D eigenvalue weighted by Gasteiger charge is -2.28. The van der Waals surface area contributed by atoms with Crippen LogP contribution in [0.5, 0.6) is 0 Å². The van der Waals surface area contributed by atoms with Crippen LogP contribution in [0.15, 0.2) is 78.9 Å². The number of nitrogens with one attached hydrogen (secondary N) is 1. The molecule has 7 nitrogen and oxygen atoms in total. The second-order valence-electron chi connectivity index (χ2n) is 14.2. The molecule has 0 spiro atoms. The highest BCUT2D eigenvalue weighted by atomic mass is 16.6. The Morgan fingerprint density at radius 2 is 1.12 bits per heavy atom. The van der Waals surface area contributed by atoms with Crippen molar-refractivity contribution in [2.75, 3.05) is 6.61 Å². The zero-order valence-corrected chi connectivity index (χ0v) is 30.8. The largest absolute Gasteiger partial charge is 0.458 e. The summed E-state index contributed by atoms with van der Waals surface area (Å²) in [4.78, 5) is 39.2. The number of fused-ring (bicyclic) bond motifs is 3. The average molecular weight is 697 g/mol. The number of amides is 1. The molecule has 3 aromatic rings. The first-order valence-corrected chi connectivity index (χ1v) is 19.6. The molecular formula is C44H60N2O5. The van der Waals surface area contributed by atoms with Gasteiger partial charge in [0.25, 0.3) is 0 Å². The highest BCUT2D eigenvalue weighted by Crippen LogP contribution is 2.44. The van der Waals surface area contributed by atoms with Crippen molar-refractivity contribution in [2.45, 2.75) is 141 Å². The van der Waals surface area contributed by atoms with Crippen LogP contribution >= 0.6 is 0 Å². The molecule has 1 atom stereocenters. The number of rotatable bonds is 25. The predicted molar refractivity (Wildman–Crippen MR) is 205 cm³/mol. The van der Waals surface area contributed by atoms with Crippen molar-refractivity contribution in [3.05, 3.63) is 95.6 Å². The number of esters is 1. The summed E-state index contributed by atoms with van der Waals surface area (Å²) in [5.74, 6) is -0.628. The van der Waals surface area contributed by atoms with E-state index in [1.165, 1.54) is 70.6 Å². The summed E-state index contributed by atoms with van der Waals surface area (Å²) in [5, 5.41) is 2.63. The number of ketones is 1. The fraction of sp³-hybridized carbons (Fsp3) is 0.523. The molecule has 4 rings (SSSR count). The molecule has 1 aliphatic rings. The van der Waals surface area contributed by atoms with Gasteiger partial charge in [-0.2, -0.15) is 0 Å². The highest BCUT2D eigenvalue weighted by Gasteiger charge is 2.38. The van der Waals surface area contributed by atoms with Crippen LogP contribution in [0.4, 0.5) is 4.79 Å². The third-order valence-corrected chi connectivity index (χ3v) is 10.1. The topological polar surface area (TPSA) is 108 Å². The van der Waals surface area contributed by atoms with Gasteiger partial charge in [0, 0.05) is 18.8 Å². The van der Waals surface area contributed by atoms with Gasteiger partial charge in [-0.25, -0.2) is 9.59 Å². The molecule has 3 N–H and O–H groups in total. The summed E-state index contributed by atoms with van der Waals surface area (Å²) in [7, 11) is 0. The van der Waals surface area contributed by atoms with E-state index in [9.17, 15) is 14.4 Å². The monoisotopic (exact) mass is 696 g/mol. The van der Waals surface area contributed by atoms with Gasteiger partial charge in [-0.05, 0) is 53.5 Å². The maximum atomic E-state index is 13.4. The second-order valence-corrected chi connectivity index (χ2v) is 14.2. The van der Waals surface area contributed by atoms with Crippen molar-refractivity contribution in [3.63, 3.8) is 0 Å². The Balaban J connectivity index is 1.18. The Morgan fingerprint density at radius 3 is 1.69 bits per heavy atom. The highest BCUT2D eigenvalue weighted by molar-refractivity contribution is 5.85. The Bertz CT molecular complexity index is 1450. The van der Waals surface area contributed by atoms with Crippen LogP contribution in [0.25, 0.3) is 11.1 Å². The fourth-order valence-electron chi connectivity index (χ4n) is 7.08. The van der Waals surface area contributed by atoms with E-state index in [4.69, 9.17) is 15.2 Å². The number of hydrogen-bond donors (Lipinski definition) is 2. The zero-order chi connectivity index (χ0) is 36.2. The van der Waals surface area contributed by atoms with Crippen molar-refractivity contribution in [2.24, 2.45) is 5.73 Å². The Labute approximate surface area is 306 Å². The quantitative estimate of drug-likeness (QED) is 0.0519. The third-order valence-electron chi connectivity index (χ3n) is 10.1. The van der Waals surface area contributed by atoms with E-state index >= 15 is 0 Å². The van der Waals surface area contributed by atoms with E-state index in [1.807, 2.05) is 54.6 Å². The van der Waals surface area contributed by atoms with Gasteiger partial charge in [0.1, 0.15) is 19.0 Å². The lowest BCUT2D eigenvalue weighted by molar-refractivity contribution is -0.153. The molecule has 51 heavy (non-hydrogen) atoms. The van der Waals surface area contributed by atoms with Crippen LogP contribution < -0.4 is 11.1 Å². The van der Waals surface area contributed by atoms with Crippen LogP contribution in [-0.4, -0.2) is 30.1 Å². The minimum atomic E-state index is -1.80. The summed E-state index contributed by atoms with van der Waals surface area (Å²) in [6, 6.07) is 25.5. The summed E-state index contributed by atoms with van der Waals surface area (Å²) >= 11 is 0. The first-order valence-electron chi connectivity index (χ1n) is 19.6. The molecule has 0 bridgehead atoms. The summed E-state index contributed by atoms with van der Waals surface area (Å²) in [5.41, 5.74) is 10.0. The van der Waals surface area contributed by atoms with E-state index in [0.29, 0.717) is 25.7 Å². The van der Waals surface area contributed by atoms with Crippen molar-refractivity contribution in [1.82, 2.24) is 5.32 Å². The molecule has 1 aliphatic carbocycles. The maximum Gasteiger partial charge on any atom is 0.409 e. The molecule has 1 amide bonds. The number of unbranched alkanes of at least 4 members (excludes halogenated alkanes) is 13. The van der Waals surface area contributed by atoms with E-state index in [0.717, 1.165) is 40.7 Å². The van der Waals surface area contributed by atoms with Gasteiger partial charge in [-0.15, -0.1) is 0 Å². The number of nitrogens with two attached hydrogens (primary N) is 1. The number of ether oxygens (including phenoxy) is 2. The number of hydrogen-bond acceptors (Lipinski definition) is 6. The molecule has 0 fully saturated rings. The van der Waals surface area contributed by atoms with Gasteiger partial charge in [-0.3, -0.25) is 15.8 Å². The van der Waals surface area contributed by atoms with Crippen LogP contribution in [0, 0.1) is 0 Å². The van der Waals surface area contributed by atoms with Gasteiger partial charge in [0.2, 0.25) is 0 Å². The molecule has 7 heteroatoms. The minimum Gasteiger partial charge on any atom is -0.458 e. The predicted octanol–water partition coefficient (Wildman–Crippen LogP) is 10.5. The van der Waals surface area contributed by atoms with Gasteiger partial charge in [0.15, 0.2) is 5.66 Å². The molecule has 3 aromatic carbocycles. The first-order chi connectivity index (χ1) is 24.9. The van der Waals surface area contributed by atoms with Gasteiger partial charge in [-0.1, -0.05) is 163 Å². The third kappa shape index (κ3) is 13.3. The van der Waals surface area contributed by atoms with Crippen molar-refractivity contribution in [3.8, 4) is 11.1 Å². The number of Topliss-reactive ketones (excluding diaryl/α,β-unsaturated/α-hetero) is 1. The molecule has 0 saturated carbocycles. The van der Waals surface area contributed by atoms with Gasteiger partial charge < -0.3 is 9.47 Å². The molecule has 0 unspecified atom stereocenters. The standard InChI is InChI=1S/C44H60N2O5/c1-2-3-4-5-6-7-8-9-10-11-12-13-17-26-36(47)27-22-23-32-44(45,42(48)50-33-35-24-15-14-16-25-35)46-43(49)51-34-41-39-30-20-18-28-37(39)38-29-19-21-31-40(38)41/h14-16,18-21,24-25,28-31,41H,2-13,17,22-23,26-27,32-34,45H2,1H3,(H,46,49)/t44-/m0/s1. The molecule has 276 valence electrons. The van der Waals surface area contributed by atoms with E-state index in [2.05, 4.69) is 36.5 Å². The van der Waals surface area contributed by atoms with Gasteiger partial charge in [0.05, 0.1) is 0 Å². The minimum absolute atomic E-state index is 0.0304. The Kier molecular flexibility index (Phi) is 17.2. The zero-order valence-electron chi connectivity index (χ0n) is 30.8. The number of carbonyl (C=O) groups excluding carboxylic acids is 3. The first kappa shape index (κ1) is 39.8. The second kappa shape index (κ2) is 22.1. The van der Waals surface area contributed by atoms with Crippen LogP contribution in [0.2, 0.25) is 0 Å². The lowest BCUT2D eigenvalue weighted by Crippen LogP contribution is -2.62. The summed E-state index contributed by atoms with van der Waals surface area (Å²) < 4.78 is 11.3. The number of benzene rings is 3. The van der Waals surface area contributed by atoms with Crippen molar-refractivity contribution >= 4 is 17.8 Å². The van der Waals surface area contributed by atoms with Crippen LogP contribution in [0.3, 0.4) is 0 Å². The molecule has 0 saturated heterocycles. The molecule has 0 heterocycles. The van der Waals surface area contributed by atoms with Crippen LogP contribution in [-0.2, 0) is 25.7 Å². The van der Waals surface area contributed by atoms with Crippen molar-refractivity contribution < 1.29 is 23.9 Å². The number of carbonyl (C=O) groups is 3.